The molecule has 3 N–H and O–H groups in total. The lowest BCUT2D eigenvalue weighted by atomic mass is 9.85. The minimum atomic E-state index is -0.332. The molecule has 1 aromatic rings. The molecule has 0 radical (unpaired) electrons. The summed E-state index contributed by atoms with van der Waals surface area (Å²) in [4.78, 5) is 16.4. The van der Waals surface area contributed by atoms with Crippen molar-refractivity contribution in [1.29, 1.82) is 0 Å². The largest absolute Gasteiger partial charge is 0.349 e. The van der Waals surface area contributed by atoms with Crippen LogP contribution in [0.4, 0.5) is 0 Å². The summed E-state index contributed by atoms with van der Waals surface area (Å²) in [6, 6.07) is 3.85. The molecule has 0 spiro atoms. The van der Waals surface area contributed by atoms with Crippen LogP contribution < -0.4 is 11.1 Å². The molecule has 1 amide bonds. The summed E-state index contributed by atoms with van der Waals surface area (Å²) in [5.41, 5.74) is 6.55. The fourth-order valence-electron chi connectivity index (χ4n) is 2.66. The van der Waals surface area contributed by atoms with Gasteiger partial charge in [-0.3, -0.25) is 9.78 Å². The summed E-state index contributed by atoms with van der Waals surface area (Å²) >= 11 is 0. The summed E-state index contributed by atoms with van der Waals surface area (Å²) < 4.78 is 0. The molecule has 1 saturated carbocycles. The quantitative estimate of drug-likeness (QED) is 0.852. The lowest BCUT2D eigenvalue weighted by Crippen LogP contribution is -2.44. The normalized spacial score (nSPS) is 19.4. The summed E-state index contributed by atoms with van der Waals surface area (Å²) in [6.45, 7) is 2.44. The van der Waals surface area contributed by atoms with E-state index in [2.05, 4.69) is 10.3 Å². The molecule has 0 aliphatic heterocycles. The van der Waals surface area contributed by atoms with Crippen LogP contribution in [0.5, 0.6) is 0 Å². The van der Waals surface area contributed by atoms with E-state index in [-0.39, 0.29) is 17.4 Å². The van der Waals surface area contributed by atoms with Crippen LogP contribution in [0.3, 0.4) is 0 Å². The maximum absolute atomic E-state index is 12.4. The number of nitrogens with zero attached hydrogens (tertiary/aromatic N) is 1. The lowest BCUT2D eigenvalue weighted by Gasteiger charge is -2.28. The summed E-state index contributed by atoms with van der Waals surface area (Å²) in [6.07, 6.45) is 7.53. The van der Waals surface area contributed by atoms with E-state index in [1.54, 1.807) is 12.4 Å². The van der Waals surface area contributed by atoms with Gasteiger partial charge in [0.2, 0.25) is 5.91 Å². The number of nitrogens with one attached hydrogen (secondary N) is 1. The van der Waals surface area contributed by atoms with Gasteiger partial charge in [-0.1, -0.05) is 12.8 Å². The van der Waals surface area contributed by atoms with Crippen molar-refractivity contribution in [3.63, 3.8) is 0 Å². The summed E-state index contributed by atoms with van der Waals surface area (Å²) in [5.74, 6) is 0.104. The van der Waals surface area contributed by atoms with Gasteiger partial charge in [0.1, 0.15) is 0 Å². The van der Waals surface area contributed by atoms with Crippen LogP contribution in [-0.4, -0.2) is 17.4 Å². The second-order valence-corrected chi connectivity index (χ2v) is 5.17. The highest BCUT2D eigenvalue weighted by Crippen LogP contribution is 2.37. The highest BCUT2D eigenvalue weighted by Gasteiger charge is 2.40. The average molecular weight is 247 g/mol. The number of amides is 1. The molecule has 4 nitrogen and oxygen atoms in total. The van der Waals surface area contributed by atoms with Gasteiger partial charge in [-0.25, -0.2) is 0 Å². The minimum absolute atomic E-state index is 0.00419. The van der Waals surface area contributed by atoms with Crippen molar-refractivity contribution in [2.75, 3.05) is 6.54 Å². The number of pyridine rings is 1. The first-order valence-corrected chi connectivity index (χ1v) is 6.59. The first kappa shape index (κ1) is 13.0. The molecule has 0 bridgehead atoms. The van der Waals surface area contributed by atoms with Crippen LogP contribution in [0, 0.1) is 5.41 Å². The van der Waals surface area contributed by atoms with E-state index in [4.69, 9.17) is 5.73 Å². The van der Waals surface area contributed by atoms with Gasteiger partial charge >= 0.3 is 0 Å². The average Bonchev–Trinajstić information content (AvgIpc) is 2.89. The fourth-order valence-corrected chi connectivity index (χ4v) is 2.66. The maximum atomic E-state index is 12.4. The Morgan fingerprint density at radius 1 is 1.44 bits per heavy atom. The monoisotopic (exact) mass is 247 g/mol. The van der Waals surface area contributed by atoms with E-state index < -0.39 is 0 Å². The number of carbonyl (C=O) groups excluding carboxylic acids is 1. The number of aromatic nitrogens is 1. The predicted molar refractivity (Wildman–Crippen MR) is 70.8 cm³/mol. The van der Waals surface area contributed by atoms with Crippen LogP contribution in [0.25, 0.3) is 0 Å². The Kier molecular flexibility index (Phi) is 3.97. The molecule has 4 heteroatoms. The van der Waals surface area contributed by atoms with E-state index in [1.165, 1.54) is 0 Å². The standard InChI is InChI=1S/C14H21N3O/c1-11(12-4-8-16-9-5-12)17-13(18)14(10-15)6-2-3-7-14/h4-5,8-9,11H,2-3,6-7,10,15H2,1H3,(H,17,18)/t11-/m1/s1. The number of hydrogen-bond acceptors (Lipinski definition) is 3. The Bertz CT molecular complexity index is 399. The molecule has 18 heavy (non-hydrogen) atoms. The highest BCUT2D eigenvalue weighted by atomic mass is 16.2. The zero-order chi connectivity index (χ0) is 13.0. The van der Waals surface area contributed by atoms with Crippen LogP contribution in [-0.2, 0) is 4.79 Å². The van der Waals surface area contributed by atoms with Crippen LogP contribution in [0.1, 0.15) is 44.2 Å². The second kappa shape index (κ2) is 5.48. The molecule has 1 atom stereocenters. The topological polar surface area (TPSA) is 68.0 Å². The zero-order valence-corrected chi connectivity index (χ0v) is 10.9. The molecule has 98 valence electrons. The number of hydrogen-bond donors (Lipinski definition) is 2. The Morgan fingerprint density at radius 2 is 2.06 bits per heavy atom. The molecule has 0 saturated heterocycles. The summed E-state index contributed by atoms with van der Waals surface area (Å²) in [5, 5.41) is 3.08. The van der Waals surface area contributed by atoms with Gasteiger partial charge in [0.05, 0.1) is 11.5 Å². The van der Waals surface area contributed by atoms with Crippen LogP contribution in [0.15, 0.2) is 24.5 Å². The van der Waals surface area contributed by atoms with Gasteiger partial charge in [-0.15, -0.1) is 0 Å². The van der Waals surface area contributed by atoms with Gasteiger partial charge < -0.3 is 11.1 Å². The molecule has 2 rings (SSSR count). The Balaban J connectivity index is 2.03. The van der Waals surface area contributed by atoms with Crippen molar-refractivity contribution in [3.8, 4) is 0 Å². The molecule has 1 aliphatic carbocycles. The summed E-state index contributed by atoms with van der Waals surface area (Å²) in [7, 11) is 0. The zero-order valence-electron chi connectivity index (χ0n) is 10.9. The van der Waals surface area contributed by atoms with E-state index >= 15 is 0 Å². The van der Waals surface area contributed by atoms with Crippen molar-refractivity contribution in [2.45, 2.75) is 38.6 Å². The highest BCUT2D eigenvalue weighted by molar-refractivity contribution is 5.83. The van der Waals surface area contributed by atoms with Crippen molar-refractivity contribution >= 4 is 5.91 Å². The van der Waals surface area contributed by atoms with Crippen molar-refractivity contribution in [1.82, 2.24) is 10.3 Å². The number of carbonyl (C=O) groups is 1. The van der Waals surface area contributed by atoms with Crippen molar-refractivity contribution in [2.24, 2.45) is 11.1 Å². The second-order valence-electron chi connectivity index (χ2n) is 5.17. The van der Waals surface area contributed by atoms with E-state index in [1.807, 2.05) is 19.1 Å². The van der Waals surface area contributed by atoms with E-state index in [9.17, 15) is 4.79 Å². The van der Waals surface area contributed by atoms with Gasteiger partial charge in [0.15, 0.2) is 0 Å². The number of nitrogens with two attached hydrogens (primary N) is 1. The van der Waals surface area contributed by atoms with Gasteiger partial charge in [-0.2, -0.15) is 0 Å². The smallest absolute Gasteiger partial charge is 0.227 e. The third-order valence-electron chi connectivity index (χ3n) is 3.99. The van der Waals surface area contributed by atoms with E-state index in [0.717, 1.165) is 31.2 Å². The first-order valence-electron chi connectivity index (χ1n) is 6.59. The van der Waals surface area contributed by atoms with Crippen LogP contribution in [0.2, 0.25) is 0 Å². The molecule has 1 fully saturated rings. The Labute approximate surface area is 108 Å². The third-order valence-corrected chi connectivity index (χ3v) is 3.99. The SMILES string of the molecule is C[C@@H](NC(=O)C1(CN)CCCC1)c1ccncc1. The first-order chi connectivity index (χ1) is 8.68. The molecule has 1 aliphatic rings. The third kappa shape index (κ3) is 2.53. The molecular formula is C14H21N3O. The predicted octanol–water partition coefficient (Wildman–Crippen LogP) is 1.78. The van der Waals surface area contributed by atoms with Gasteiger partial charge in [-0.05, 0) is 37.5 Å². The molecule has 0 unspecified atom stereocenters. The molecule has 1 heterocycles. The molecular weight excluding hydrogens is 226 g/mol. The van der Waals surface area contributed by atoms with Gasteiger partial charge in [0.25, 0.3) is 0 Å². The fraction of sp³-hybridized carbons (Fsp3) is 0.571. The maximum Gasteiger partial charge on any atom is 0.227 e. The van der Waals surface area contributed by atoms with Gasteiger partial charge in [0, 0.05) is 18.9 Å². The van der Waals surface area contributed by atoms with Crippen molar-refractivity contribution < 1.29 is 4.79 Å². The lowest BCUT2D eigenvalue weighted by molar-refractivity contribution is -0.131. The minimum Gasteiger partial charge on any atom is -0.349 e. The van der Waals surface area contributed by atoms with E-state index in [0.29, 0.717) is 6.54 Å². The number of rotatable bonds is 4. The Hall–Kier alpha value is -1.42. The van der Waals surface area contributed by atoms with Crippen molar-refractivity contribution in [3.05, 3.63) is 30.1 Å². The molecule has 0 aromatic carbocycles. The molecule has 1 aromatic heterocycles. The Morgan fingerprint density at radius 3 is 2.61 bits per heavy atom. The van der Waals surface area contributed by atoms with Crippen LogP contribution >= 0.6 is 0 Å².